The van der Waals surface area contributed by atoms with Gasteiger partial charge in [0, 0.05) is 11.6 Å². The van der Waals surface area contributed by atoms with E-state index in [-0.39, 0.29) is 5.97 Å². The SMILES string of the molecule is COC(=O)c1cc2c(Cl)ccnc2s1. The highest BCUT2D eigenvalue weighted by molar-refractivity contribution is 7.20. The molecule has 3 nitrogen and oxygen atoms in total. The van der Waals surface area contributed by atoms with Crippen molar-refractivity contribution >= 4 is 39.1 Å². The number of aromatic nitrogens is 1. The number of halogens is 1. The van der Waals surface area contributed by atoms with Gasteiger partial charge in [-0.3, -0.25) is 0 Å². The summed E-state index contributed by atoms with van der Waals surface area (Å²) in [6, 6.07) is 3.39. The minimum Gasteiger partial charge on any atom is -0.465 e. The highest BCUT2D eigenvalue weighted by Crippen LogP contribution is 2.29. The molecule has 2 rings (SSSR count). The van der Waals surface area contributed by atoms with Gasteiger partial charge >= 0.3 is 5.97 Å². The first-order valence-corrected chi connectivity index (χ1v) is 5.04. The molecular weight excluding hydrogens is 222 g/mol. The van der Waals surface area contributed by atoms with E-state index in [2.05, 4.69) is 9.72 Å². The van der Waals surface area contributed by atoms with Gasteiger partial charge < -0.3 is 4.74 Å². The van der Waals surface area contributed by atoms with E-state index in [1.165, 1.54) is 18.4 Å². The Kier molecular flexibility index (Phi) is 2.39. The molecular formula is C9H6ClNO2S. The first kappa shape index (κ1) is 9.43. The number of thiophene rings is 1. The van der Waals surface area contributed by atoms with Crippen LogP contribution < -0.4 is 0 Å². The molecule has 0 aromatic carbocycles. The average Bonchev–Trinajstić information content (AvgIpc) is 2.62. The first-order valence-electron chi connectivity index (χ1n) is 3.84. The van der Waals surface area contributed by atoms with E-state index >= 15 is 0 Å². The van der Waals surface area contributed by atoms with Gasteiger partial charge in [0.05, 0.1) is 12.1 Å². The van der Waals surface area contributed by atoms with Gasteiger partial charge in [0.15, 0.2) is 0 Å². The third-order valence-electron chi connectivity index (χ3n) is 1.77. The van der Waals surface area contributed by atoms with Gasteiger partial charge in [0.2, 0.25) is 0 Å². The molecule has 0 amide bonds. The van der Waals surface area contributed by atoms with Gasteiger partial charge in [-0.05, 0) is 12.1 Å². The van der Waals surface area contributed by atoms with Crippen molar-refractivity contribution in [3.05, 3.63) is 28.2 Å². The minimum atomic E-state index is -0.357. The third-order valence-corrected chi connectivity index (χ3v) is 3.12. The fourth-order valence-electron chi connectivity index (χ4n) is 1.11. The summed E-state index contributed by atoms with van der Waals surface area (Å²) in [6.07, 6.45) is 1.61. The standard InChI is InChI=1S/C9H6ClNO2S/c1-13-9(12)7-4-5-6(10)2-3-11-8(5)14-7/h2-4H,1H3. The highest BCUT2D eigenvalue weighted by atomic mass is 35.5. The van der Waals surface area contributed by atoms with Crippen molar-refractivity contribution in [3.63, 3.8) is 0 Å². The fourth-order valence-corrected chi connectivity index (χ4v) is 2.31. The molecule has 0 N–H and O–H groups in total. The van der Waals surface area contributed by atoms with E-state index in [1.54, 1.807) is 18.3 Å². The summed E-state index contributed by atoms with van der Waals surface area (Å²) < 4.78 is 4.61. The Hall–Kier alpha value is -1.13. The number of ether oxygens (including phenoxy) is 1. The molecule has 0 aliphatic heterocycles. The van der Waals surface area contributed by atoms with Gasteiger partial charge in [-0.1, -0.05) is 11.6 Å². The van der Waals surface area contributed by atoms with E-state index in [4.69, 9.17) is 11.6 Å². The molecule has 0 aliphatic carbocycles. The van der Waals surface area contributed by atoms with Crippen LogP contribution in [0.3, 0.4) is 0 Å². The molecule has 0 atom stereocenters. The highest BCUT2D eigenvalue weighted by Gasteiger charge is 2.12. The second kappa shape index (κ2) is 3.55. The first-order chi connectivity index (χ1) is 6.72. The Balaban J connectivity index is 2.62. The lowest BCUT2D eigenvalue weighted by atomic mass is 10.3. The van der Waals surface area contributed by atoms with Crippen LogP contribution in [0.1, 0.15) is 9.67 Å². The normalized spacial score (nSPS) is 10.4. The van der Waals surface area contributed by atoms with Crippen LogP contribution in [0, 0.1) is 0 Å². The Labute approximate surface area is 89.3 Å². The van der Waals surface area contributed by atoms with E-state index < -0.39 is 0 Å². The van der Waals surface area contributed by atoms with Crippen LogP contribution in [0.25, 0.3) is 10.2 Å². The number of esters is 1. The number of hydrogen-bond acceptors (Lipinski definition) is 4. The van der Waals surface area contributed by atoms with E-state index in [0.717, 1.165) is 10.2 Å². The summed E-state index contributed by atoms with van der Waals surface area (Å²) in [5.74, 6) is -0.357. The molecule has 0 saturated carbocycles. The minimum absolute atomic E-state index is 0.357. The van der Waals surface area contributed by atoms with Crippen LogP contribution in [0.2, 0.25) is 5.02 Å². The average molecular weight is 228 g/mol. The lowest BCUT2D eigenvalue weighted by molar-refractivity contribution is 0.0606. The van der Waals surface area contributed by atoms with Crippen LogP contribution in [-0.2, 0) is 4.74 Å². The number of methoxy groups -OCH3 is 1. The Bertz CT molecular complexity index is 495. The van der Waals surface area contributed by atoms with Gasteiger partial charge in [-0.15, -0.1) is 11.3 Å². The molecule has 0 aliphatic rings. The fraction of sp³-hybridized carbons (Fsp3) is 0.111. The second-order valence-electron chi connectivity index (χ2n) is 2.61. The van der Waals surface area contributed by atoms with Crippen LogP contribution in [0.4, 0.5) is 0 Å². The van der Waals surface area contributed by atoms with Crippen molar-refractivity contribution in [1.82, 2.24) is 4.98 Å². The lowest BCUT2D eigenvalue weighted by Gasteiger charge is -1.90. The molecule has 2 heterocycles. The van der Waals surface area contributed by atoms with Crippen LogP contribution >= 0.6 is 22.9 Å². The molecule has 0 spiro atoms. The van der Waals surface area contributed by atoms with E-state index in [9.17, 15) is 4.79 Å². The van der Waals surface area contributed by atoms with Crippen molar-refractivity contribution in [1.29, 1.82) is 0 Å². The molecule has 14 heavy (non-hydrogen) atoms. The summed E-state index contributed by atoms with van der Waals surface area (Å²) in [5, 5.41) is 1.39. The Morgan fingerprint density at radius 2 is 2.43 bits per heavy atom. The van der Waals surface area contributed by atoms with Crippen molar-refractivity contribution in [2.24, 2.45) is 0 Å². The molecule has 0 radical (unpaired) electrons. The predicted molar refractivity (Wildman–Crippen MR) is 56.0 cm³/mol. The largest absolute Gasteiger partial charge is 0.465 e. The van der Waals surface area contributed by atoms with Gasteiger partial charge in [-0.2, -0.15) is 0 Å². The molecule has 0 unspecified atom stereocenters. The van der Waals surface area contributed by atoms with Crippen molar-refractivity contribution in [3.8, 4) is 0 Å². The number of pyridine rings is 1. The monoisotopic (exact) mass is 227 g/mol. The maximum atomic E-state index is 11.2. The van der Waals surface area contributed by atoms with Crippen molar-refractivity contribution in [2.45, 2.75) is 0 Å². The number of carbonyl (C=O) groups excluding carboxylic acids is 1. The molecule has 2 aromatic heterocycles. The van der Waals surface area contributed by atoms with E-state index in [0.29, 0.717) is 9.90 Å². The smallest absolute Gasteiger partial charge is 0.348 e. The van der Waals surface area contributed by atoms with Crippen LogP contribution in [0.15, 0.2) is 18.3 Å². The summed E-state index contributed by atoms with van der Waals surface area (Å²) in [7, 11) is 1.35. The lowest BCUT2D eigenvalue weighted by Crippen LogP contribution is -1.96. The van der Waals surface area contributed by atoms with Gasteiger partial charge in [0.1, 0.15) is 9.71 Å². The molecule has 0 fully saturated rings. The molecule has 2 aromatic rings. The topological polar surface area (TPSA) is 39.2 Å². The molecule has 72 valence electrons. The second-order valence-corrected chi connectivity index (χ2v) is 4.05. The number of rotatable bonds is 1. The van der Waals surface area contributed by atoms with Crippen LogP contribution in [0.5, 0.6) is 0 Å². The zero-order valence-electron chi connectivity index (χ0n) is 7.28. The Morgan fingerprint density at radius 1 is 1.64 bits per heavy atom. The number of fused-ring (bicyclic) bond motifs is 1. The maximum Gasteiger partial charge on any atom is 0.348 e. The predicted octanol–water partition coefficient (Wildman–Crippen LogP) is 2.74. The molecule has 5 heteroatoms. The summed E-state index contributed by atoms with van der Waals surface area (Å²) >= 11 is 7.21. The quantitative estimate of drug-likeness (QED) is 0.704. The third kappa shape index (κ3) is 1.47. The van der Waals surface area contributed by atoms with Gasteiger partial charge in [-0.25, -0.2) is 9.78 Å². The van der Waals surface area contributed by atoms with Crippen LogP contribution in [-0.4, -0.2) is 18.1 Å². The number of carbonyl (C=O) groups is 1. The van der Waals surface area contributed by atoms with E-state index in [1.807, 2.05) is 0 Å². The summed E-state index contributed by atoms with van der Waals surface area (Å²) in [5.41, 5.74) is 0. The maximum absolute atomic E-state index is 11.2. The van der Waals surface area contributed by atoms with Crippen molar-refractivity contribution in [2.75, 3.05) is 7.11 Å². The Morgan fingerprint density at radius 3 is 3.07 bits per heavy atom. The number of nitrogens with zero attached hydrogens (tertiary/aromatic N) is 1. The summed E-state index contributed by atoms with van der Waals surface area (Å²) in [4.78, 5) is 16.6. The molecule has 0 saturated heterocycles. The summed E-state index contributed by atoms with van der Waals surface area (Å²) in [6.45, 7) is 0. The zero-order chi connectivity index (χ0) is 10.1. The van der Waals surface area contributed by atoms with Crippen molar-refractivity contribution < 1.29 is 9.53 Å². The zero-order valence-corrected chi connectivity index (χ0v) is 8.85. The number of hydrogen-bond donors (Lipinski definition) is 0. The molecule has 0 bridgehead atoms. The van der Waals surface area contributed by atoms with Gasteiger partial charge in [0.25, 0.3) is 0 Å².